The Labute approximate surface area is 128 Å². The van der Waals surface area contributed by atoms with Crippen molar-refractivity contribution in [2.24, 2.45) is 0 Å². The summed E-state index contributed by atoms with van der Waals surface area (Å²) in [5, 5.41) is 4.13. The molecule has 0 radical (unpaired) electrons. The lowest BCUT2D eigenvalue weighted by Gasteiger charge is -2.18. The second kappa shape index (κ2) is 6.01. The van der Waals surface area contributed by atoms with E-state index in [1.807, 2.05) is 23.9 Å². The number of imidazole rings is 1. The molecule has 0 fully saturated rings. The summed E-state index contributed by atoms with van der Waals surface area (Å²) in [7, 11) is 0. The molecule has 0 saturated carbocycles. The van der Waals surface area contributed by atoms with E-state index in [0.29, 0.717) is 0 Å². The van der Waals surface area contributed by atoms with Gasteiger partial charge in [-0.15, -0.1) is 0 Å². The van der Waals surface area contributed by atoms with Crippen LogP contribution in [0.5, 0.6) is 0 Å². The van der Waals surface area contributed by atoms with Gasteiger partial charge >= 0.3 is 0 Å². The molecular weight excluding hydrogens is 288 g/mol. The highest BCUT2D eigenvalue weighted by molar-refractivity contribution is 7.98. The lowest BCUT2D eigenvalue weighted by molar-refractivity contribution is 0.813. The zero-order chi connectivity index (χ0) is 13.9. The van der Waals surface area contributed by atoms with Crippen LogP contribution in [0.2, 0.25) is 0 Å². The van der Waals surface area contributed by atoms with Gasteiger partial charge in [0.05, 0.1) is 11.0 Å². The third-order valence-electron chi connectivity index (χ3n) is 3.47. The number of fused-ring (bicyclic) bond motifs is 3. The molecule has 6 heteroatoms. The zero-order valence-corrected chi connectivity index (χ0v) is 13.1. The molecule has 1 aromatic carbocycles. The maximum Gasteiger partial charge on any atom is 0.213 e. The quantitative estimate of drug-likeness (QED) is 0.693. The number of thiocarbonyl (C=S) groups is 1. The summed E-state index contributed by atoms with van der Waals surface area (Å²) in [4.78, 5) is 6.80. The molecule has 106 valence electrons. The van der Waals surface area contributed by atoms with Crippen molar-refractivity contribution in [1.29, 1.82) is 0 Å². The summed E-state index contributed by atoms with van der Waals surface area (Å²) in [6, 6.07) is 8.24. The van der Waals surface area contributed by atoms with Crippen molar-refractivity contribution in [3.05, 3.63) is 24.3 Å². The van der Waals surface area contributed by atoms with Gasteiger partial charge in [0, 0.05) is 19.6 Å². The predicted molar refractivity (Wildman–Crippen MR) is 90.7 cm³/mol. The summed E-state index contributed by atoms with van der Waals surface area (Å²) in [5.74, 6) is 2.13. The average Bonchev–Trinajstić information content (AvgIpc) is 3.02. The van der Waals surface area contributed by atoms with Crippen molar-refractivity contribution in [1.82, 2.24) is 14.9 Å². The molecule has 0 bridgehead atoms. The van der Waals surface area contributed by atoms with Gasteiger partial charge in [0.1, 0.15) is 0 Å². The molecule has 0 spiro atoms. The third-order valence-corrected chi connectivity index (χ3v) is 4.53. The van der Waals surface area contributed by atoms with Crippen LogP contribution >= 0.6 is 24.0 Å². The van der Waals surface area contributed by atoms with Gasteiger partial charge in [0.2, 0.25) is 5.95 Å². The molecule has 1 N–H and O–H groups in total. The molecule has 1 aromatic heterocycles. The van der Waals surface area contributed by atoms with E-state index >= 15 is 0 Å². The highest BCUT2D eigenvalue weighted by atomic mass is 32.2. The molecule has 4 nitrogen and oxygen atoms in total. The van der Waals surface area contributed by atoms with E-state index in [1.165, 1.54) is 5.52 Å². The number of nitrogens with zero attached hydrogens (tertiary/aromatic N) is 3. The molecule has 3 rings (SSSR count). The van der Waals surface area contributed by atoms with E-state index in [2.05, 4.69) is 33.2 Å². The van der Waals surface area contributed by atoms with Crippen LogP contribution in [0.3, 0.4) is 0 Å². The van der Waals surface area contributed by atoms with Gasteiger partial charge in [0.25, 0.3) is 0 Å². The smallest absolute Gasteiger partial charge is 0.213 e. The van der Waals surface area contributed by atoms with Gasteiger partial charge in [-0.1, -0.05) is 12.1 Å². The molecule has 0 amide bonds. The number of rotatable bonds is 4. The monoisotopic (exact) mass is 306 g/mol. The number of hydrogen-bond acceptors (Lipinski definition) is 3. The number of nitrogens with one attached hydrogen (secondary N) is 1. The Morgan fingerprint density at radius 1 is 1.40 bits per heavy atom. The SMILES string of the molecule is CSCCCNC(=S)N1CCn2c1nc1ccccc12. The Morgan fingerprint density at radius 3 is 3.10 bits per heavy atom. The van der Waals surface area contributed by atoms with Gasteiger partial charge < -0.3 is 9.88 Å². The molecule has 1 aliphatic rings. The van der Waals surface area contributed by atoms with E-state index in [9.17, 15) is 0 Å². The first-order valence-corrected chi connectivity index (χ1v) is 8.61. The van der Waals surface area contributed by atoms with Crippen LogP contribution in [0.25, 0.3) is 11.0 Å². The van der Waals surface area contributed by atoms with Crippen molar-refractivity contribution < 1.29 is 0 Å². The number of benzene rings is 1. The average molecular weight is 306 g/mol. The second-order valence-corrected chi connectivity index (χ2v) is 6.15. The zero-order valence-electron chi connectivity index (χ0n) is 11.5. The lowest BCUT2D eigenvalue weighted by Crippen LogP contribution is -2.39. The molecule has 2 aromatic rings. The standard InChI is InChI=1S/C14H18N4S2/c1-20-10-4-7-15-14(19)18-9-8-17-12-6-3-2-5-11(12)16-13(17)18/h2-3,5-6H,4,7-10H2,1H3,(H,15,19). The minimum atomic E-state index is 0.792. The topological polar surface area (TPSA) is 33.1 Å². The van der Waals surface area contributed by atoms with Crippen molar-refractivity contribution in [2.45, 2.75) is 13.0 Å². The number of aromatic nitrogens is 2. The molecule has 20 heavy (non-hydrogen) atoms. The highest BCUT2D eigenvalue weighted by Crippen LogP contribution is 2.26. The van der Waals surface area contributed by atoms with Crippen molar-refractivity contribution in [3.63, 3.8) is 0 Å². The number of para-hydroxylation sites is 2. The largest absolute Gasteiger partial charge is 0.362 e. The summed E-state index contributed by atoms with van der Waals surface area (Å²) in [5.41, 5.74) is 2.23. The molecular formula is C14H18N4S2. The molecule has 0 aliphatic carbocycles. The van der Waals surface area contributed by atoms with Gasteiger partial charge in [-0.2, -0.15) is 11.8 Å². The molecule has 2 heterocycles. The van der Waals surface area contributed by atoms with E-state index in [0.717, 1.165) is 48.4 Å². The van der Waals surface area contributed by atoms with E-state index in [-0.39, 0.29) is 0 Å². The Morgan fingerprint density at radius 2 is 2.25 bits per heavy atom. The van der Waals surface area contributed by atoms with Gasteiger partial charge in [-0.05, 0) is 42.8 Å². The molecule has 0 unspecified atom stereocenters. The first kappa shape index (κ1) is 13.7. The Kier molecular flexibility index (Phi) is 4.12. The third kappa shape index (κ3) is 2.50. The molecule has 0 saturated heterocycles. The van der Waals surface area contributed by atoms with Crippen LogP contribution in [0.15, 0.2) is 24.3 Å². The minimum absolute atomic E-state index is 0.792. The summed E-state index contributed by atoms with van der Waals surface area (Å²) in [6.07, 6.45) is 3.26. The Balaban J connectivity index is 1.74. The van der Waals surface area contributed by atoms with Crippen LogP contribution in [0, 0.1) is 0 Å². The van der Waals surface area contributed by atoms with Crippen LogP contribution in [0.4, 0.5) is 5.95 Å². The number of hydrogen-bond donors (Lipinski definition) is 1. The first-order chi connectivity index (χ1) is 9.81. The number of anilines is 1. The highest BCUT2D eigenvalue weighted by Gasteiger charge is 2.25. The molecule has 0 atom stereocenters. The van der Waals surface area contributed by atoms with Crippen LogP contribution in [-0.4, -0.2) is 39.8 Å². The van der Waals surface area contributed by atoms with E-state index < -0.39 is 0 Å². The fourth-order valence-corrected chi connectivity index (χ4v) is 3.20. The van der Waals surface area contributed by atoms with Gasteiger partial charge in [-0.3, -0.25) is 4.90 Å². The second-order valence-electron chi connectivity index (χ2n) is 4.78. The normalized spacial score (nSPS) is 13.8. The fraction of sp³-hybridized carbons (Fsp3) is 0.429. The van der Waals surface area contributed by atoms with E-state index in [4.69, 9.17) is 17.2 Å². The van der Waals surface area contributed by atoms with Crippen LogP contribution in [-0.2, 0) is 6.54 Å². The minimum Gasteiger partial charge on any atom is -0.362 e. The fourth-order valence-electron chi connectivity index (χ4n) is 2.49. The maximum absolute atomic E-state index is 5.50. The van der Waals surface area contributed by atoms with E-state index in [1.54, 1.807) is 0 Å². The van der Waals surface area contributed by atoms with Crippen molar-refractivity contribution in [2.75, 3.05) is 30.0 Å². The Hall–Kier alpha value is -1.27. The van der Waals surface area contributed by atoms with Crippen molar-refractivity contribution in [3.8, 4) is 0 Å². The van der Waals surface area contributed by atoms with Crippen LogP contribution < -0.4 is 10.2 Å². The maximum atomic E-state index is 5.50. The summed E-state index contributed by atoms with van der Waals surface area (Å²) >= 11 is 7.36. The summed E-state index contributed by atoms with van der Waals surface area (Å²) < 4.78 is 2.24. The molecule has 1 aliphatic heterocycles. The van der Waals surface area contributed by atoms with Gasteiger partial charge in [-0.25, -0.2) is 4.98 Å². The summed E-state index contributed by atoms with van der Waals surface area (Å²) in [6.45, 7) is 2.78. The van der Waals surface area contributed by atoms with Gasteiger partial charge in [0.15, 0.2) is 5.11 Å². The lowest BCUT2D eigenvalue weighted by atomic mass is 10.3. The predicted octanol–water partition coefficient (Wildman–Crippen LogP) is 2.48. The Bertz CT molecular complexity index is 623. The number of thioether (sulfide) groups is 1. The van der Waals surface area contributed by atoms with Crippen LogP contribution in [0.1, 0.15) is 6.42 Å². The first-order valence-electron chi connectivity index (χ1n) is 6.81. The van der Waals surface area contributed by atoms with Crippen molar-refractivity contribution >= 4 is 46.1 Å².